The van der Waals surface area contributed by atoms with E-state index >= 15 is 0 Å². The maximum Gasteiger partial charge on any atom is 0.273 e. The zero-order chi connectivity index (χ0) is 20.4. The third kappa shape index (κ3) is 4.98. The van der Waals surface area contributed by atoms with Crippen LogP contribution in [0.1, 0.15) is 6.42 Å². The van der Waals surface area contributed by atoms with Gasteiger partial charge in [0.25, 0.3) is 5.91 Å². The van der Waals surface area contributed by atoms with Gasteiger partial charge in [-0.2, -0.15) is 0 Å². The number of carbonyl (C=O) groups excluding carboxylic acids is 1. The Morgan fingerprint density at radius 1 is 1.20 bits per heavy atom. The number of fused-ring (bicyclic) bond motifs is 2. The van der Waals surface area contributed by atoms with E-state index in [1.165, 1.54) is 11.3 Å². The van der Waals surface area contributed by atoms with Gasteiger partial charge >= 0.3 is 0 Å². The van der Waals surface area contributed by atoms with Gasteiger partial charge in [0, 0.05) is 11.6 Å². The minimum Gasteiger partial charge on any atom is -0.485 e. The maximum atomic E-state index is 13.4. The molecular weight excluding hydrogens is 445 g/mol. The first kappa shape index (κ1) is 22.6. The van der Waals surface area contributed by atoms with E-state index in [1.54, 1.807) is 11.0 Å². The molecule has 30 heavy (non-hydrogen) atoms. The average molecular weight is 468 g/mol. The highest BCUT2D eigenvalue weighted by Crippen LogP contribution is 2.34. The van der Waals surface area contributed by atoms with E-state index in [0.717, 1.165) is 23.2 Å². The molecule has 1 aliphatic heterocycles. The van der Waals surface area contributed by atoms with E-state index < -0.39 is 6.10 Å². The summed E-state index contributed by atoms with van der Waals surface area (Å²) < 4.78 is 12.6. The number of carbonyl (C=O) groups is 1. The van der Waals surface area contributed by atoms with E-state index in [9.17, 15) is 4.79 Å². The molecule has 0 N–H and O–H groups in total. The number of benzene rings is 2. The highest BCUT2D eigenvalue weighted by Gasteiger charge is 2.33. The molecule has 0 saturated carbocycles. The van der Waals surface area contributed by atoms with Crippen molar-refractivity contribution in [2.75, 3.05) is 38.7 Å². The van der Waals surface area contributed by atoms with Gasteiger partial charge in [-0.1, -0.05) is 35.1 Å². The Labute approximate surface area is 190 Å². The minimum absolute atomic E-state index is 0. The van der Waals surface area contributed by atoms with Crippen molar-refractivity contribution in [1.82, 2.24) is 9.88 Å². The summed E-state index contributed by atoms with van der Waals surface area (Å²) in [6, 6.07) is 12.9. The van der Waals surface area contributed by atoms with Crippen molar-refractivity contribution >= 4 is 56.6 Å². The molecule has 1 amide bonds. The van der Waals surface area contributed by atoms with E-state index in [-0.39, 0.29) is 24.9 Å². The molecule has 2 aromatic carbocycles. The molecule has 2 heterocycles. The van der Waals surface area contributed by atoms with Crippen LogP contribution in [0.4, 0.5) is 5.13 Å². The smallest absolute Gasteiger partial charge is 0.273 e. The topological polar surface area (TPSA) is 54.9 Å². The van der Waals surface area contributed by atoms with E-state index in [4.69, 9.17) is 21.1 Å². The molecule has 6 nitrogen and oxygen atoms in total. The SMILES string of the molecule is CN(C)CCCN(C(=O)C1COc2ccccc2O1)c1nc2ccc(Cl)cc2s1.Cl. The summed E-state index contributed by atoms with van der Waals surface area (Å²) in [6.07, 6.45) is 0.111. The minimum atomic E-state index is -0.708. The van der Waals surface area contributed by atoms with Crippen molar-refractivity contribution in [2.45, 2.75) is 12.5 Å². The normalized spacial score (nSPS) is 15.1. The summed E-state index contributed by atoms with van der Waals surface area (Å²) in [7, 11) is 4.03. The van der Waals surface area contributed by atoms with Gasteiger partial charge in [-0.15, -0.1) is 12.4 Å². The lowest BCUT2D eigenvalue weighted by atomic mass is 10.2. The quantitative estimate of drug-likeness (QED) is 0.534. The summed E-state index contributed by atoms with van der Waals surface area (Å²) in [5.74, 6) is 1.09. The van der Waals surface area contributed by atoms with Crippen LogP contribution < -0.4 is 14.4 Å². The van der Waals surface area contributed by atoms with E-state index in [1.807, 2.05) is 50.5 Å². The molecule has 0 fully saturated rings. The van der Waals surface area contributed by atoms with E-state index in [0.29, 0.717) is 28.2 Å². The lowest BCUT2D eigenvalue weighted by molar-refractivity contribution is -0.127. The van der Waals surface area contributed by atoms with Gasteiger partial charge in [0.15, 0.2) is 16.6 Å². The Balaban J connectivity index is 0.00000256. The Morgan fingerprint density at radius 3 is 2.73 bits per heavy atom. The number of aromatic nitrogens is 1. The first-order valence-corrected chi connectivity index (χ1v) is 10.6. The number of anilines is 1. The van der Waals surface area contributed by atoms with Crippen LogP contribution in [0.5, 0.6) is 11.5 Å². The van der Waals surface area contributed by atoms with Crippen LogP contribution in [-0.2, 0) is 4.79 Å². The molecule has 0 aliphatic carbocycles. The zero-order valence-electron chi connectivity index (χ0n) is 16.7. The summed E-state index contributed by atoms with van der Waals surface area (Å²) in [4.78, 5) is 21.8. The van der Waals surface area contributed by atoms with Crippen molar-refractivity contribution in [2.24, 2.45) is 0 Å². The molecule has 9 heteroatoms. The molecule has 3 aromatic rings. The number of para-hydroxylation sites is 2. The molecule has 1 aliphatic rings. The molecule has 1 atom stereocenters. The second-order valence-electron chi connectivity index (χ2n) is 7.12. The molecule has 0 bridgehead atoms. The zero-order valence-corrected chi connectivity index (χ0v) is 19.1. The predicted molar refractivity (Wildman–Crippen MR) is 124 cm³/mol. The van der Waals surface area contributed by atoms with Gasteiger partial charge < -0.3 is 14.4 Å². The molecule has 0 saturated heterocycles. The van der Waals surface area contributed by atoms with Gasteiger partial charge in [-0.25, -0.2) is 4.98 Å². The van der Waals surface area contributed by atoms with Crippen molar-refractivity contribution in [3.63, 3.8) is 0 Å². The van der Waals surface area contributed by atoms with Gasteiger partial charge in [-0.05, 0) is 57.4 Å². The van der Waals surface area contributed by atoms with Crippen molar-refractivity contribution in [1.29, 1.82) is 0 Å². The van der Waals surface area contributed by atoms with Crippen LogP contribution >= 0.6 is 35.3 Å². The Kier molecular flexibility index (Phi) is 7.41. The monoisotopic (exact) mass is 467 g/mol. The van der Waals surface area contributed by atoms with Crippen LogP contribution in [0.3, 0.4) is 0 Å². The van der Waals surface area contributed by atoms with Crippen LogP contribution in [0.15, 0.2) is 42.5 Å². The molecule has 1 aromatic heterocycles. The standard InChI is InChI=1S/C21H22ClN3O3S.ClH/c1-24(2)10-5-11-25(21-23-15-9-8-14(22)12-19(15)29-21)20(26)18-13-27-16-6-3-4-7-17(16)28-18;/h3-4,6-9,12,18H,5,10-11,13H2,1-2H3;1H. The fourth-order valence-electron chi connectivity index (χ4n) is 3.16. The van der Waals surface area contributed by atoms with Crippen molar-refractivity contribution in [3.8, 4) is 11.5 Å². The molecule has 0 radical (unpaired) electrons. The Hall–Kier alpha value is -2.06. The van der Waals surface area contributed by atoms with Gasteiger partial charge in [0.1, 0.15) is 6.61 Å². The largest absolute Gasteiger partial charge is 0.485 e. The van der Waals surface area contributed by atoms with Crippen molar-refractivity contribution in [3.05, 3.63) is 47.5 Å². The number of hydrogen-bond acceptors (Lipinski definition) is 6. The molecular formula is C21H23Cl2N3O3S. The fourth-order valence-corrected chi connectivity index (χ4v) is 4.44. The molecule has 1 unspecified atom stereocenters. The van der Waals surface area contributed by atoms with Crippen LogP contribution in [0.2, 0.25) is 5.02 Å². The number of amides is 1. The number of nitrogens with zero attached hydrogens (tertiary/aromatic N) is 3. The third-order valence-electron chi connectivity index (χ3n) is 4.61. The first-order chi connectivity index (χ1) is 14.0. The number of ether oxygens (including phenoxy) is 2. The van der Waals surface area contributed by atoms with Crippen LogP contribution in [0, 0.1) is 0 Å². The second-order valence-corrected chi connectivity index (χ2v) is 8.56. The third-order valence-corrected chi connectivity index (χ3v) is 5.88. The lowest BCUT2D eigenvalue weighted by Crippen LogP contribution is -2.47. The number of halogens is 2. The highest BCUT2D eigenvalue weighted by molar-refractivity contribution is 7.22. The fraction of sp³-hybridized carbons (Fsp3) is 0.333. The first-order valence-electron chi connectivity index (χ1n) is 9.42. The van der Waals surface area contributed by atoms with Crippen LogP contribution in [0.25, 0.3) is 10.2 Å². The number of rotatable bonds is 6. The summed E-state index contributed by atoms with van der Waals surface area (Å²) in [6.45, 7) is 1.59. The second kappa shape index (κ2) is 9.83. The highest BCUT2D eigenvalue weighted by atomic mass is 35.5. The van der Waals surface area contributed by atoms with Gasteiger partial charge in [0.05, 0.1) is 10.2 Å². The molecule has 160 valence electrons. The van der Waals surface area contributed by atoms with E-state index in [2.05, 4.69) is 9.88 Å². The number of thiazole rings is 1. The molecule has 4 rings (SSSR count). The van der Waals surface area contributed by atoms with Crippen molar-refractivity contribution < 1.29 is 14.3 Å². The van der Waals surface area contributed by atoms with Gasteiger partial charge in [0.2, 0.25) is 6.10 Å². The lowest BCUT2D eigenvalue weighted by Gasteiger charge is -2.29. The maximum absolute atomic E-state index is 13.4. The number of hydrogen-bond donors (Lipinski definition) is 0. The van der Waals surface area contributed by atoms with Gasteiger partial charge in [-0.3, -0.25) is 9.69 Å². The summed E-state index contributed by atoms with van der Waals surface area (Å²) in [5.41, 5.74) is 0.825. The van der Waals surface area contributed by atoms with Crippen LogP contribution in [-0.4, -0.2) is 55.7 Å². The average Bonchev–Trinajstić information content (AvgIpc) is 3.13. The summed E-state index contributed by atoms with van der Waals surface area (Å²) in [5, 5.41) is 1.30. The summed E-state index contributed by atoms with van der Waals surface area (Å²) >= 11 is 7.57. The Morgan fingerprint density at radius 2 is 1.97 bits per heavy atom. The predicted octanol–water partition coefficient (Wildman–Crippen LogP) is 4.50. The molecule has 0 spiro atoms. The Bertz CT molecular complexity index is 1030.